The predicted octanol–water partition coefficient (Wildman–Crippen LogP) is 3.11. The van der Waals surface area contributed by atoms with Gasteiger partial charge in [0.15, 0.2) is 0 Å². The Bertz CT molecular complexity index is 953. The number of rotatable bonds is 6. The van der Waals surface area contributed by atoms with Crippen molar-refractivity contribution in [1.29, 1.82) is 0 Å². The second-order valence-corrected chi connectivity index (χ2v) is 9.29. The van der Waals surface area contributed by atoms with Gasteiger partial charge in [0.05, 0.1) is 6.61 Å². The molecule has 7 heteroatoms. The van der Waals surface area contributed by atoms with E-state index in [1.807, 2.05) is 13.8 Å². The number of benzene rings is 1. The number of piperidine rings is 1. The van der Waals surface area contributed by atoms with E-state index in [1.54, 1.807) is 11.8 Å². The van der Waals surface area contributed by atoms with Crippen LogP contribution >= 0.6 is 0 Å². The van der Waals surface area contributed by atoms with Crippen LogP contribution in [0.3, 0.4) is 0 Å². The molecular formula is C24H34N4O3. The zero-order valence-corrected chi connectivity index (χ0v) is 19.0. The molecule has 0 unspecified atom stereocenters. The van der Waals surface area contributed by atoms with E-state index < -0.39 is 0 Å². The van der Waals surface area contributed by atoms with Crippen molar-refractivity contribution in [3.05, 3.63) is 35.5 Å². The number of urea groups is 1. The van der Waals surface area contributed by atoms with Gasteiger partial charge in [-0.3, -0.25) is 4.79 Å². The minimum atomic E-state index is -0.358. The number of carbonyl (C=O) groups excluding carboxylic acids is 2. The lowest BCUT2D eigenvalue weighted by molar-refractivity contribution is -0.143. The number of likely N-dealkylation sites (tertiary alicyclic amines) is 1. The van der Waals surface area contributed by atoms with Crippen LogP contribution in [0.2, 0.25) is 0 Å². The molecule has 1 aromatic carbocycles. The lowest BCUT2D eigenvalue weighted by Gasteiger charge is -2.46. The van der Waals surface area contributed by atoms with Gasteiger partial charge in [0.25, 0.3) is 0 Å². The normalized spacial score (nSPS) is 22.9. The highest BCUT2D eigenvalue weighted by Crippen LogP contribution is 2.44. The lowest BCUT2D eigenvalue weighted by atomic mass is 9.72. The molecule has 2 aromatic rings. The van der Waals surface area contributed by atoms with Crippen LogP contribution < -0.4 is 5.32 Å². The average Bonchev–Trinajstić information content (AvgIpc) is 3.12. The van der Waals surface area contributed by atoms with Crippen molar-refractivity contribution >= 4 is 22.9 Å². The molecule has 0 saturated carbocycles. The Morgan fingerprint density at radius 2 is 2.16 bits per heavy atom. The third-order valence-electron chi connectivity index (χ3n) is 6.62. The van der Waals surface area contributed by atoms with Crippen molar-refractivity contribution in [2.45, 2.75) is 51.6 Å². The number of hydrogen-bond acceptors (Lipinski definition) is 4. The number of nitrogens with zero attached hydrogens (tertiary/aromatic N) is 2. The van der Waals surface area contributed by atoms with Gasteiger partial charge in [-0.15, -0.1) is 0 Å². The van der Waals surface area contributed by atoms with Gasteiger partial charge >= 0.3 is 12.0 Å². The summed E-state index contributed by atoms with van der Waals surface area (Å²) in [6, 6.07) is 6.81. The first-order chi connectivity index (χ1) is 14.9. The number of fused-ring (bicyclic) bond motifs is 2. The summed E-state index contributed by atoms with van der Waals surface area (Å²) in [5, 5.41) is 4.31. The number of aromatic nitrogens is 1. The molecule has 3 atom stereocenters. The summed E-state index contributed by atoms with van der Waals surface area (Å²) in [6.07, 6.45) is 4.21. The van der Waals surface area contributed by atoms with Crippen LogP contribution in [0.15, 0.2) is 24.4 Å². The fourth-order valence-electron chi connectivity index (χ4n) is 5.42. The fourth-order valence-corrected chi connectivity index (χ4v) is 5.42. The predicted molar refractivity (Wildman–Crippen MR) is 121 cm³/mol. The largest absolute Gasteiger partial charge is 0.465 e. The molecule has 4 rings (SSSR count). The number of ether oxygens (including phenoxy) is 1. The van der Waals surface area contributed by atoms with Crippen LogP contribution in [0.25, 0.3) is 10.9 Å². The fraction of sp³-hybridized carbons (Fsp3) is 0.583. The van der Waals surface area contributed by atoms with E-state index in [9.17, 15) is 9.59 Å². The first-order valence-corrected chi connectivity index (χ1v) is 11.4. The molecule has 168 valence electrons. The molecule has 1 saturated heterocycles. The summed E-state index contributed by atoms with van der Waals surface area (Å²) >= 11 is 0. The van der Waals surface area contributed by atoms with Gasteiger partial charge in [0.1, 0.15) is 6.54 Å². The van der Waals surface area contributed by atoms with Crippen molar-refractivity contribution in [3.63, 3.8) is 0 Å². The number of likely N-dealkylation sites (N-methyl/N-ethyl adjacent to an activating group) is 1. The van der Waals surface area contributed by atoms with E-state index in [-0.39, 0.29) is 30.5 Å². The summed E-state index contributed by atoms with van der Waals surface area (Å²) in [4.78, 5) is 32.4. The Hall–Kier alpha value is -2.54. The van der Waals surface area contributed by atoms with Crippen LogP contribution in [0.1, 0.15) is 44.2 Å². The zero-order chi connectivity index (χ0) is 22.1. The van der Waals surface area contributed by atoms with E-state index in [4.69, 9.17) is 4.74 Å². The van der Waals surface area contributed by atoms with E-state index >= 15 is 0 Å². The molecule has 1 aromatic heterocycles. The van der Waals surface area contributed by atoms with Gasteiger partial charge in [0, 0.05) is 48.2 Å². The number of esters is 1. The maximum Gasteiger partial charge on any atom is 0.325 e. The zero-order valence-electron chi connectivity index (χ0n) is 19.0. The Morgan fingerprint density at radius 1 is 1.35 bits per heavy atom. The molecule has 2 amide bonds. The van der Waals surface area contributed by atoms with Gasteiger partial charge < -0.3 is 24.8 Å². The van der Waals surface area contributed by atoms with Gasteiger partial charge in [-0.25, -0.2) is 4.79 Å². The molecule has 0 bridgehead atoms. The number of aromatic amines is 1. The highest BCUT2D eigenvalue weighted by atomic mass is 16.5. The Morgan fingerprint density at radius 3 is 2.90 bits per heavy atom. The summed E-state index contributed by atoms with van der Waals surface area (Å²) < 4.78 is 5.12. The molecule has 31 heavy (non-hydrogen) atoms. The Labute approximate surface area is 184 Å². The van der Waals surface area contributed by atoms with Crippen molar-refractivity contribution in [3.8, 4) is 0 Å². The quantitative estimate of drug-likeness (QED) is 0.696. The summed E-state index contributed by atoms with van der Waals surface area (Å²) in [5.41, 5.74) is 4.01. The van der Waals surface area contributed by atoms with Crippen molar-refractivity contribution in [2.24, 2.45) is 5.92 Å². The molecule has 2 heterocycles. The molecule has 1 fully saturated rings. The highest BCUT2D eigenvalue weighted by molar-refractivity contribution is 5.88. The topological polar surface area (TPSA) is 77.7 Å². The standard InChI is InChI=1S/C24H34N4O3/c1-5-31-22(29)14-28(24(30)26-15(2)3)13-16-9-19-18-7-6-8-20-23(18)17(11-25-20)10-21(19)27(4)12-16/h6-8,11,15-16,19,21,25H,5,9-10,12-14H2,1-4H3,(H,26,30)/t16-,19-,21-/m1/s1. The first-order valence-electron chi connectivity index (χ1n) is 11.4. The van der Waals surface area contributed by atoms with E-state index in [0.717, 1.165) is 19.4 Å². The molecule has 0 radical (unpaired) electrons. The Kier molecular flexibility index (Phi) is 6.23. The minimum absolute atomic E-state index is 0.0126. The third-order valence-corrected chi connectivity index (χ3v) is 6.62. The van der Waals surface area contributed by atoms with Gasteiger partial charge in [-0.2, -0.15) is 0 Å². The number of H-pyrrole nitrogens is 1. The molecule has 0 spiro atoms. The second-order valence-electron chi connectivity index (χ2n) is 9.29. The number of hydrogen-bond donors (Lipinski definition) is 2. The molecular weight excluding hydrogens is 392 g/mol. The molecule has 2 aliphatic rings. The molecule has 2 N–H and O–H groups in total. The third kappa shape index (κ3) is 4.42. The van der Waals surface area contributed by atoms with E-state index in [1.165, 1.54) is 22.0 Å². The van der Waals surface area contributed by atoms with Crippen LogP contribution in [-0.4, -0.2) is 72.2 Å². The SMILES string of the molecule is CCOC(=O)CN(C[C@@H]1C[C@@H]2c3cccc4[nH]cc(c34)C[C@H]2N(C)C1)C(=O)NC(C)C. The maximum atomic E-state index is 12.8. The summed E-state index contributed by atoms with van der Waals surface area (Å²) in [6.45, 7) is 7.39. The molecule has 1 aliphatic heterocycles. The Balaban J connectivity index is 1.54. The van der Waals surface area contributed by atoms with Crippen LogP contribution in [0.4, 0.5) is 4.79 Å². The van der Waals surface area contributed by atoms with Crippen LogP contribution in [0, 0.1) is 5.92 Å². The number of carbonyl (C=O) groups is 2. The summed E-state index contributed by atoms with van der Waals surface area (Å²) in [7, 11) is 2.19. The summed E-state index contributed by atoms with van der Waals surface area (Å²) in [5.74, 6) is 0.352. The van der Waals surface area contributed by atoms with Crippen molar-refractivity contribution in [2.75, 3.05) is 33.3 Å². The smallest absolute Gasteiger partial charge is 0.325 e. The van der Waals surface area contributed by atoms with Crippen LogP contribution in [0.5, 0.6) is 0 Å². The lowest BCUT2D eigenvalue weighted by Crippen LogP contribution is -2.53. The maximum absolute atomic E-state index is 12.8. The average molecular weight is 427 g/mol. The van der Waals surface area contributed by atoms with Crippen molar-refractivity contribution in [1.82, 2.24) is 20.1 Å². The number of nitrogens with one attached hydrogen (secondary N) is 2. The van der Waals surface area contributed by atoms with Crippen LogP contribution in [-0.2, 0) is 16.0 Å². The monoisotopic (exact) mass is 426 g/mol. The van der Waals surface area contributed by atoms with Gasteiger partial charge in [0.2, 0.25) is 0 Å². The highest BCUT2D eigenvalue weighted by Gasteiger charge is 2.40. The molecule has 1 aliphatic carbocycles. The van der Waals surface area contributed by atoms with Crippen molar-refractivity contribution < 1.29 is 14.3 Å². The van der Waals surface area contributed by atoms with E-state index in [0.29, 0.717) is 25.1 Å². The van der Waals surface area contributed by atoms with E-state index in [2.05, 4.69) is 46.6 Å². The minimum Gasteiger partial charge on any atom is -0.465 e. The second kappa shape index (κ2) is 8.91. The first kappa shape index (κ1) is 21.7. The van der Waals surface area contributed by atoms with Gasteiger partial charge in [-0.05, 0) is 63.8 Å². The molecule has 7 nitrogen and oxygen atoms in total. The number of amides is 2. The van der Waals surface area contributed by atoms with Gasteiger partial charge in [-0.1, -0.05) is 12.1 Å².